The zero-order valence-electron chi connectivity index (χ0n) is 15.7. The van der Waals surface area contributed by atoms with Gasteiger partial charge < -0.3 is 0 Å². The lowest BCUT2D eigenvalue weighted by molar-refractivity contribution is 0.0980. The molecular formula is C21H25N5S. The van der Waals surface area contributed by atoms with E-state index in [1.54, 1.807) is 0 Å². The zero-order valence-corrected chi connectivity index (χ0v) is 16.5. The summed E-state index contributed by atoms with van der Waals surface area (Å²) in [5.74, 6) is 0. The van der Waals surface area contributed by atoms with Crippen LogP contribution in [-0.2, 0) is 13.2 Å². The maximum atomic E-state index is 5.63. The molecule has 0 spiro atoms. The molecule has 0 saturated carbocycles. The average Bonchev–Trinajstić information content (AvgIpc) is 3.06. The van der Waals surface area contributed by atoms with Gasteiger partial charge >= 0.3 is 0 Å². The van der Waals surface area contributed by atoms with E-state index in [1.165, 1.54) is 11.1 Å². The minimum atomic E-state index is 0.739. The highest BCUT2D eigenvalue weighted by Crippen LogP contribution is 2.13. The summed E-state index contributed by atoms with van der Waals surface area (Å²) in [6, 6.07) is 18.8. The first kappa shape index (κ1) is 18.1. The van der Waals surface area contributed by atoms with Crippen LogP contribution in [-0.4, -0.2) is 50.3 Å². The van der Waals surface area contributed by atoms with Crippen LogP contribution in [0.15, 0.2) is 60.9 Å². The lowest BCUT2D eigenvalue weighted by Crippen LogP contribution is -2.46. The third kappa shape index (κ3) is 4.18. The Balaban J connectivity index is 1.35. The smallest absolute Gasteiger partial charge is 0.203 e. The molecule has 0 bridgehead atoms. The average molecular weight is 380 g/mol. The van der Waals surface area contributed by atoms with Crippen molar-refractivity contribution in [3.05, 3.63) is 76.8 Å². The van der Waals surface area contributed by atoms with Gasteiger partial charge in [0.2, 0.25) is 4.77 Å². The molecule has 0 atom stereocenters. The first-order valence-corrected chi connectivity index (χ1v) is 9.80. The third-order valence-corrected chi connectivity index (χ3v) is 5.63. The van der Waals surface area contributed by atoms with Gasteiger partial charge in [0, 0.05) is 38.4 Å². The van der Waals surface area contributed by atoms with Crippen LogP contribution in [0, 0.1) is 11.7 Å². The standard InChI is InChI=1S/C21H25N5S/c1-18-7-5-6-8-19(18)15-23-11-13-24(14-12-23)17-26-21(27)25(16-22-26)20-9-3-2-4-10-20/h2-10,16H,11-15,17H2,1H3. The first-order chi connectivity index (χ1) is 13.2. The van der Waals surface area contributed by atoms with E-state index in [0.29, 0.717) is 0 Å². The van der Waals surface area contributed by atoms with Crippen LogP contribution in [0.25, 0.3) is 5.69 Å². The molecule has 0 unspecified atom stereocenters. The van der Waals surface area contributed by atoms with E-state index in [1.807, 2.05) is 45.9 Å². The molecule has 0 amide bonds. The molecule has 0 radical (unpaired) electrons. The summed E-state index contributed by atoms with van der Waals surface area (Å²) in [4.78, 5) is 4.95. The molecule has 2 aromatic carbocycles. The van der Waals surface area contributed by atoms with Crippen molar-refractivity contribution < 1.29 is 0 Å². The van der Waals surface area contributed by atoms with Gasteiger partial charge in [-0.3, -0.25) is 14.4 Å². The van der Waals surface area contributed by atoms with Crippen molar-refractivity contribution in [2.75, 3.05) is 26.2 Å². The minimum absolute atomic E-state index is 0.739. The molecule has 0 aliphatic carbocycles. The van der Waals surface area contributed by atoms with Crippen molar-refractivity contribution in [3.8, 4) is 5.69 Å². The Hall–Kier alpha value is -2.28. The van der Waals surface area contributed by atoms with Crippen LogP contribution >= 0.6 is 12.2 Å². The summed E-state index contributed by atoms with van der Waals surface area (Å²) in [5, 5.41) is 4.50. The molecule has 1 saturated heterocycles. The van der Waals surface area contributed by atoms with E-state index in [0.717, 1.165) is 49.9 Å². The van der Waals surface area contributed by atoms with E-state index in [4.69, 9.17) is 12.2 Å². The van der Waals surface area contributed by atoms with Gasteiger partial charge in [0.05, 0.1) is 6.67 Å². The molecule has 1 aliphatic heterocycles. The second-order valence-corrected chi connectivity index (χ2v) is 7.45. The van der Waals surface area contributed by atoms with Crippen molar-refractivity contribution in [2.24, 2.45) is 0 Å². The Morgan fingerprint density at radius 1 is 0.889 bits per heavy atom. The van der Waals surface area contributed by atoms with E-state index in [9.17, 15) is 0 Å². The summed E-state index contributed by atoms with van der Waals surface area (Å²) in [6.07, 6.45) is 1.81. The van der Waals surface area contributed by atoms with E-state index < -0.39 is 0 Å². The minimum Gasteiger partial charge on any atom is -0.297 e. The topological polar surface area (TPSA) is 29.2 Å². The molecule has 1 aromatic heterocycles. The maximum absolute atomic E-state index is 5.63. The van der Waals surface area contributed by atoms with Crippen LogP contribution in [0.3, 0.4) is 0 Å². The van der Waals surface area contributed by atoms with Crippen molar-refractivity contribution in [1.82, 2.24) is 24.1 Å². The third-order valence-electron chi connectivity index (χ3n) is 5.22. The molecule has 1 fully saturated rings. The fourth-order valence-electron chi connectivity index (χ4n) is 3.51. The largest absolute Gasteiger partial charge is 0.297 e. The predicted molar refractivity (Wildman–Crippen MR) is 110 cm³/mol. The van der Waals surface area contributed by atoms with Crippen molar-refractivity contribution in [2.45, 2.75) is 20.1 Å². The summed E-state index contributed by atoms with van der Waals surface area (Å²) in [6.45, 7) is 8.18. The monoisotopic (exact) mass is 379 g/mol. The van der Waals surface area contributed by atoms with Crippen molar-refractivity contribution in [3.63, 3.8) is 0 Å². The van der Waals surface area contributed by atoms with E-state index in [-0.39, 0.29) is 0 Å². The van der Waals surface area contributed by atoms with Gasteiger partial charge in [0.1, 0.15) is 6.33 Å². The molecule has 6 heteroatoms. The predicted octanol–water partition coefficient (Wildman–Crippen LogP) is 3.49. The highest BCUT2D eigenvalue weighted by molar-refractivity contribution is 7.71. The second-order valence-electron chi connectivity index (χ2n) is 7.08. The molecule has 27 heavy (non-hydrogen) atoms. The molecule has 3 aromatic rings. The molecule has 1 aliphatic rings. The van der Waals surface area contributed by atoms with Gasteiger partial charge in [-0.2, -0.15) is 5.10 Å². The normalized spacial score (nSPS) is 15.9. The van der Waals surface area contributed by atoms with E-state index in [2.05, 4.69) is 46.1 Å². The molecule has 2 heterocycles. The van der Waals surface area contributed by atoms with E-state index >= 15 is 0 Å². The summed E-state index contributed by atoms with van der Waals surface area (Å²) in [5.41, 5.74) is 3.85. The number of piperazine rings is 1. The number of benzene rings is 2. The molecule has 140 valence electrons. The number of rotatable bonds is 5. The molecule has 0 N–H and O–H groups in total. The summed E-state index contributed by atoms with van der Waals surface area (Å²) < 4.78 is 4.62. The van der Waals surface area contributed by atoms with Crippen molar-refractivity contribution in [1.29, 1.82) is 0 Å². The fraction of sp³-hybridized carbons (Fsp3) is 0.333. The zero-order chi connectivity index (χ0) is 18.6. The Labute approximate surface area is 165 Å². The second kappa shape index (κ2) is 8.17. The fourth-order valence-corrected chi connectivity index (χ4v) is 3.76. The summed E-state index contributed by atoms with van der Waals surface area (Å²) >= 11 is 5.63. The maximum Gasteiger partial charge on any atom is 0.203 e. The lowest BCUT2D eigenvalue weighted by atomic mass is 10.1. The molecular weight excluding hydrogens is 354 g/mol. The molecule has 4 rings (SSSR count). The van der Waals surface area contributed by atoms with Crippen LogP contribution in [0.4, 0.5) is 0 Å². The van der Waals surface area contributed by atoms with Crippen molar-refractivity contribution >= 4 is 12.2 Å². The highest BCUT2D eigenvalue weighted by Gasteiger charge is 2.18. The Morgan fingerprint density at radius 2 is 1.56 bits per heavy atom. The Morgan fingerprint density at radius 3 is 2.30 bits per heavy atom. The van der Waals surface area contributed by atoms with Crippen LogP contribution in [0.2, 0.25) is 0 Å². The lowest BCUT2D eigenvalue weighted by Gasteiger charge is -2.34. The van der Waals surface area contributed by atoms with Gasteiger partial charge in [-0.05, 0) is 42.4 Å². The SMILES string of the molecule is Cc1ccccc1CN1CCN(Cn2ncn(-c3ccccc3)c2=S)CC1. The van der Waals surface area contributed by atoms with Gasteiger partial charge in [-0.1, -0.05) is 42.5 Å². The molecule has 5 nitrogen and oxygen atoms in total. The highest BCUT2D eigenvalue weighted by atomic mass is 32.1. The van der Waals surface area contributed by atoms with Crippen LogP contribution in [0.5, 0.6) is 0 Å². The first-order valence-electron chi connectivity index (χ1n) is 9.40. The summed E-state index contributed by atoms with van der Waals surface area (Å²) in [7, 11) is 0. The number of nitrogens with zero attached hydrogens (tertiary/aromatic N) is 5. The van der Waals surface area contributed by atoms with Crippen LogP contribution < -0.4 is 0 Å². The number of aromatic nitrogens is 3. The Bertz CT molecular complexity index is 938. The van der Waals surface area contributed by atoms with Gasteiger partial charge in [0.25, 0.3) is 0 Å². The van der Waals surface area contributed by atoms with Crippen LogP contribution in [0.1, 0.15) is 11.1 Å². The van der Waals surface area contributed by atoms with Gasteiger partial charge in [-0.25, -0.2) is 4.68 Å². The number of hydrogen-bond acceptors (Lipinski definition) is 4. The van der Waals surface area contributed by atoms with Gasteiger partial charge in [-0.15, -0.1) is 0 Å². The number of aryl methyl sites for hydroxylation is 1. The number of para-hydroxylation sites is 1. The quantitative estimate of drug-likeness (QED) is 0.635. The Kier molecular flexibility index (Phi) is 5.48. The number of hydrogen-bond donors (Lipinski definition) is 0. The van der Waals surface area contributed by atoms with Gasteiger partial charge in [0.15, 0.2) is 0 Å².